The molecule has 0 N–H and O–H groups in total. The molecule has 7 aromatic heterocycles. The standard InChI is InChI=1S/3C10H15N.4C7H12N2/c3*1-6-7(2)9(4)11-10(5)8(6)3;4*1-5-6(2)8-9(4)7(5)3/h3*1-5H3;4*1-4H3. The summed E-state index contributed by atoms with van der Waals surface area (Å²) in [6, 6.07) is 0. The second-order valence-corrected chi connectivity index (χ2v) is 19.2. The molecule has 7 rings (SSSR count). The van der Waals surface area contributed by atoms with Crippen LogP contribution in [0, 0.1) is 187 Å². The van der Waals surface area contributed by atoms with Gasteiger partial charge in [-0.25, -0.2) is 0 Å². The van der Waals surface area contributed by atoms with E-state index in [2.05, 4.69) is 195 Å². The Bertz CT molecular complexity index is 2320. The molecular formula is C58H93N11. The van der Waals surface area contributed by atoms with E-state index in [1.807, 2.05) is 74.6 Å². The number of aromatic nitrogens is 11. The highest BCUT2D eigenvalue weighted by Crippen LogP contribution is 2.19. The summed E-state index contributed by atoms with van der Waals surface area (Å²) in [4.78, 5) is 13.3. The van der Waals surface area contributed by atoms with Gasteiger partial charge < -0.3 is 0 Å². The number of hydrogen-bond acceptors (Lipinski definition) is 7. The van der Waals surface area contributed by atoms with Gasteiger partial charge in [0.15, 0.2) is 0 Å². The highest BCUT2D eigenvalue weighted by Gasteiger charge is 2.08. The Balaban J connectivity index is 0.000000403. The zero-order valence-electron chi connectivity index (χ0n) is 49.4. The lowest BCUT2D eigenvalue weighted by Gasteiger charge is -2.09. The van der Waals surface area contributed by atoms with E-state index in [1.54, 1.807) is 0 Å². The Morgan fingerprint density at radius 1 is 0.174 bits per heavy atom. The number of hydrogen-bond donors (Lipinski definition) is 0. The van der Waals surface area contributed by atoms with Crippen molar-refractivity contribution in [2.75, 3.05) is 0 Å². The predicted molar refractivity (Wildman–Crippen MR) is 293 cm³/mol. The van der Waals surface area contributed by atoms with Gasteiger partial charge in [0, 0.05) is 85.1 Å². The molecule has 0 radical (unpaired) electrons. The lowest BCUT2D eigenvalue weighted by atomic mass is 10.0. The molecule has 0 aliphatic heterocycles. The summed E-state index contributed by atoms with van der Waals surface area (Å²) in [5.74, 6) is 0. The molecule has 0 aliphatic carbocycles. The maximum absolute atomic E-state index is 4.43. The largest absolute Gasteiger partial charge is 0.272 e. The third kappa shape index (κ3) is 16.2. The van der Waals surface area contributed by atoms with E-state index < -0.39 is 0 Å². The molecule has 11 nitrogen and oxygen atoms in total. The second-order valence-electron chi connectivity index (χ2n) is 19.2. The first-order valence-electron chi connectivity index (χ1n) is 24.2. The van der Waals surface area contributed by atoms with Crippen molar-refractivity contribution < 1.29 is 0 Å². The van der Waals surface area contributed by atoms with Crippen LogP contribution in [0.4, 0.5) is 0 Å². The molecule has 0 aromatic carbocycles. The van der Waals surface area contributed by atoms with Crippen molar-refractivity contribution in [2.45, 2.75) is 187 Å². The van der Waals surface area contributed by atoms with Crippen LogP contribution >= 0.6 is 0 Å². The maximum Gasteiger partial charge on any atom is 0.0625 e. The number of aryl methyl sites for hydroxylation is 14. The summed E-state index contributed by atoms with van der Waals surface area (Å²) >= 11 is 0. The fourth-order valence-corrected chi connectivity index (χ4v) is 7.25. The molecule has 0 spiro atoms. The van der Waals surface area contributed by atoms with Gasteiger partial charge >= 0.3 is 0 Å². The van der Waals surface area contributed by atoms with Crippen LogP contribution in [0.15, 0.2) is 0 Å². The average Bonchev–Trinajstić information content (AvgIpc) is 3.85. The first-order chi connectivity index (χ1) is 31.6. The molecule has 7 heterocycles. The van der Waals surface area contributed by atoms with Gasteiger partial charge in [0.25, 0.3) is 0 Å². The van der Waals surface area contributed by atoms with E-state index >= 15 is 0 Å². The Morgan fingerprint density at radius 3 is 0.377 bits per heavy atom. The topological polar surface area (TPSA) is 110 Å². The fourth-order valence-electron chi connectivity index (χ4n) is 7.25. The normalized spacial score (nSPS) is 10.2. The van der Waals surface area contributed by atoms with Crippen LogP contribution in [0.5, 0.6) is 0 Å². The number of rotatable bonds is 0. The minimum absolute atomic E-state index is 1.13. The zero-order valence-corrected chi connectivity index (χ0v) is 49.4. The van der Waals surface area contributed by atoms with Crippen LogP contribution in [0.2, 0.25) is 0 Å². The van der Waals surface area contributed by atoms with Gasteiger partial charge in [-0.2, -0.15) is 20.4 Å². The van der Waals surface area contributed by atoms with Crippen molar-refractivity contribution in [3.05, 3.63) is 152 Å². The first kappa shape index (κ1) is 61.3. The zero-order chi connectivity index (χ0) is 53.8. The van der Waals surface area contributed by atoms with Crippen LogP contribution in [-0.2, 0) is 28.2 Å². The molecule has 0 unspecified atom stereocenters. The van der Waals surface area contributed by atoms with E-state index in [9.17, 15) is 0 Å². The van der Waals surface area contributed by atoms with Crippen LogP contribution in [0.1, 0.15) is 152 Å². The third-order valence-electron chi connectivity index (χ3n) is 15.1. The molecule has 7 aromatic rings. The van der Waals surface area contributed by atoms with Crippen LogP contribution in [-0.4, -0.2) is 54.1 Å². The minimum Gasteiger partial charge on any atom is -0.272 e. The molecule has 0 bridgehead atoms. The molecule has 380 valence electrons. The highest BCUT2D eigenvalue weighted by atomic mass is 15.3. The lowest BCUT2D eigenvalue weighted by molar-refractivity contribution is 0.730. The average molecular weight is 944 g/mol. The van der Waals surface area contributed by atoms with Gasteiger partial charge in [0.2, 0.25) is 0 Å². The van der Waals surface area contributed by atoms with E-state index in [4.69, 9.17) is 0 Å². The van der Waals surface area contributed by atoms with Crippen LogP contribution < -0.4 is 0 Å². The van der Waals surface area contributed by atoms with Crippen LogP contribution in [0.25, 0.3) is 0 Å². The van der Waals surface area contributed by atoms with Gasteiger partial charge in [0.05, 0.1) is 22.8 Å². The van der Waals surface area contributed by atoms with E-state index in [0.717, 1.165) is 56.9 Å². The van der Waals surface area contributed by atoms with Crippen molar-refractivity contribution in [3.63, 3.8) is 0 Å². The number of nitrogens with zero attached hydrogens (tertiary/aromatic N) is 11. The van der Waals surface area contributed by atoms with Gasteiger partial charge in [-0.3, -0.25) is 33.7 Å². The Kier molecular flexibility index (Phi) is 23.4. The van der Waals surface area contributed by atoms with E-state index in [1.165, 1.54) is 95.1 Å². The van der Waals surface area contributed by atoms with Gasteiger partial charge in [-0.05, 0) is 259 Å². The smallest absolute Gasteiger partial charge is 0.0625 e. The molecule has 0 aliphatic rings. The Labute approximate surface area is 419 Å². The number of pyridine rings is 3. The van der Waals surface area contributed by atoms with Crippen molar-refractivity contribution in [2.24, 2.45) is 28.2 Å². The summed E-state index contributed by atoms with van der Waals surface area (Å²) in [5.41, 5.74) is 33.8. The van der Waals surface area contributed by atoms with Crippen molar-refractivity contribution in [1.29, 1.82) is 0 Å². The first-order valence-corrected chi connectivity index (χ1v) is 24.2. The fraction of sp³-hybridized carbons (Fsp3) is 0.534. The Hall–Kier alpha value is -5.71. The second kappa shape index (κ2) is 26.3. The lowest BCUT2D eigenvalue weighted by Crippen LogP contribution is -1.98. The summed E-state index contributed by atoms with van der Waals surface area (Å²) in [5, 5.41) is 16.9. The minimum atomic E-state index is 1.13. The van der Waals surface area contributed by atoms with Gasteiger partial charge in [-0.1, -0.05) is 0 Å². The van der Waals surface area contributed by atoms with Crippen molar-refractivity contribution >= 4 is 0 Å². The molecule has 69 heavy (non-hydrogen) atoms. The summed E-state index contributed by atoms with van der Waals surface area (Å²) in [7, 11) is 7.87. The van der Waals surface area contributed by atoms with E-state index in [0.29, 0.717) is 0 Å². The monoisotopic (exact) mass is 944 g/mol. The molecule has 11 heteroatoms. The molecule has 0 amide bonds. The summed E-state index contributed by atoms with van der Waals surface area (Å²) < 4.78 is 7.63. The quantitative estimate of drug-likeness (QED) is 0.149. The summed E-state index contributed by atoms with van der Waals surface area (Å²) in [6.07, 6.45) is 0. The van der Waals surface area contributed by atoms with Gasteiger partial charge in [-0.15, -0.1) is 0 Å². The SMILES string of the molecule is Cc1nc(C)c(C)c(C)c1C.Cc1nc(C)c(C)c(C)c1C.Cc1nc(C)c(C)c(C)c1C.Cc1nn(C)c(C)c1C.Cc1nn(C)c(C)c1C.Cc1nn(C)c(C)c1C.Cc1nn(C)c(C)c1C. The van der Waals surface area contributed by atoms with Crippen molar-refractivity contribution in [3.8, 4) is 0 Å². The highest BCUT2D eigenvalue weighted by molar-refractivity contribution is 5.39. The molecule has 0 saturated carbocycles. The predicted octanol–water partition coefficient (Wildman–Crippen LogP) is 13.3. The summed E-state index contributed by atoms with van der Waals surface area (Å²) in [6.45, 7) is 56.5. The van der Waals surface area contributed by atoms with Gasteiger partial charge in [0.1, 0.15) is 0 Å². The molecule has 0 saturated heterocycles. The van der Waals surface area contributed by atoms with E-state index in [-0.39, 0.29) is 0 Å². The van der Waals surface area contributed by atoms with Crippen molar-refractivity contribution in [1.82, 2.24) is 54.1 Å². The molecule has 0 atom stereocenters. The molecular weight excluding hydrogens is 851 g/mol. The maximum atomic E-state index is 4.43. The Morgan fingerprint density at radius 2 is 0.304 bits per heavy atom. The third-order valence-corrected chi connectivity index (χ3v) is 15.1. The van der Waals surface area contributed by atoms with Crippen LogP contribution in [0.3, 0.4) is 0 Å². The molecule has 0 fully saturated rings.